The molecular formula is C22H21NO3. The van der Waals surface area contributed by atoms with E-state index in [0.717, 1.165) is 11.1 Å². The van der Waals surface area contributed by atoms with Crippen LogP contribution in [0.1, 0.15) is 11.1 Å². The first-order chi connectivity index (χ1) is 12.6. The van der Waals surface area contributed by atoms with Crippen LogP contribution in [0.15, 0.2) is 72.8 Å². The normalized spacial score (nSPS) is 10.2. The van der Waals surface area contributed by atoms with Crippen molar-refractivity contribution in [3.8, 4) is 17.2 Å². The highest BCUT2D eigenvalue weighted by Gasteiger charge is 2.10. The summed E-state index contributed by atoms with van der Waals surface area (Å²) in [7, 11) is 0. The van der Waals surface area contributed by atoms with Gasteiger partial charge in [0.05, 0.1) is 5.69 Å². The van der Waals surface area contributed by atoms with Crippen LogP contribution in [0, 0.1) is 13.8 Å². The van der Waals surface area contributed by atoms with Gasteiger partial charge in [-0.25, -0.2) is 0 Å². The highest BCUT2D eigenvalue weighted by molar-refractivity contribution is 5.93. The Morgan fingerprint density at radius 3 is 2.35 bits per heavy atom. The fourth-order valence-corrected chi connectivity index (χ4v) is 2.48. The predicted molar refractivity (Wildman–Crippen MR) is 103 cm³/mol. The molecule has 0 saturated carbocycles. The van der Waals surface area contributed by atoms with Gasteiger partial charge in [-0.15, -0.1) is 0 Å². The monoisotopic (exact) mass is 347 g/mol. The summed E-state index contributed by atoms with van der Waals surface area (Å²) in [5.41, 5.74) is 2.77. The number of carbonyl (C=O) groups is 1. The third kappa shape index (κ3) is 4.42. The zero-order valence-corrected chi connectivity index (χ0v) is 14.9. The van der Waals surface area contributed by atoms with Crippen LogP contribution < -0.4 is 14.8 Å². The number of aryl methyl sites for hydroxylation is 1. The topological polar surface area (TPSA) is 47.6 Å². The number of para-hydroxylation sites is 3. The number of rotatable bonds is 6. The van der Waals surface area contributed by atoms with Gasteiger partial charge in [-0.3, -0.25) is 4.79 Å². The first kappa shape index (κ1) is 17.5. The maximum absolute atomic E-state index is 12.3. The van der Waals surface area contributed by atoms with Gasteiger partial charge in [-0.05, 0) is 55.3 Å². The highest BCUT2D eigenvalue weighted by Crippen LogP contribution is 2.29. The summed E-state index contributed by atoms with van der Waals surface area (Å²) in [5, 5.41) is 2.85. The summed E-state index contributed by atoms with van der Waals surface area (Å²) in [6.45, 7) is 3.93. The molecule has 0 heterocycles. The van der Waals surface area contributed by atoms with Crippen molar-refractivity contribution in [3.63, 3.8) is 0 Å². The Morgan fingerprint density at radius 2 is 1.54 bits per heavy atom. The highest BCUT2D eigenvalue weighted by atomic mass is 16.5. The van der Waals surface area contributed by atoms with Crippen molar-refractivity contribution < 1.29 is 14.3 Å². The largest absolute Gasteiger partial charge is 0.483 e. The second-order valence-electron chi connectivity index (χ2n) is 5.95. The van der Waals surface area contributed by atoms with E-state index in [4.69, 9.17) is 9.47 Å². The lowest BCUT2D eigenvalue weighted by atomic mass is 10.1. The summed E-state index contributed by atoms with van der Waals surface area (Å²) < 4.78 is 11.5. The SMILES string of the molecule is Cc1cccc(OCC(=O)Nc2ccccc2Oc2ccccc2)c1C. The molecule has 1 N–H and O–H groups in total. The first-order valence-electron chi connectivity index (χ1n) is 8.44. The second-order valence-corrected chi connectivity index (χ2v) is 5.95. The second kappa shape index (κ2) is 8.21. The molecule has 4 nitrogen and oxygen atoms in total. The van der Waals surface area contributed by atoms with Gasteiger partial charge in [0.2, 0.25) is 0 Å². The molecule has 3 aromatic rings. The smallest absolute Gasteiger partial charge is 0.262 e. The summed E-state index contributed by atoms with van der Waals surface area (Å²) in [4.78, 5) is 12.3. The van der Waals surface area contributed by atoms with Crippen LogP contribution >= 0.6 is 0 Å². The van der Waals surface area contributed by atoms with Crippen molar-refractivity contribution in [1.82, 2.24) is 0 Å². The van der Waals surface area contributed by atoms with Crippen LogP contribution in [0.2, 0.25) is 0 Å². The lowest BCUT2D eigenvalue weighted by Gasteiger charge is -2.13. The Hall–Kier alpha value is -3.27. The van der Waals surface area contributed by atoms with Gasteiger partial charge in [0, 0.05) is 0 Å². The van der Waals surface area contributed by atoms with Crippen LogP contribution in [-0.4, -0.2) is 12.5 Å². The van der Waals surface area contributed by atoms with E-state index in [1.807, 2.05) is 80.6 Å². The number of nitrogens with one attached hydrogen (secondary N) is 1. The number of amides is 1. The molecular weight excluding hydrogens is 326 g/mol. The molecule has 0 aromatic heterocycles. The van der Waals surface area contributed by atoms with E-state index < -0.39 is 0 Å². The van der Waals surface area contributed by atoms with Crippen LogP contribution in [0.3, 0.4) is 0 Å². The number of anilines is 1. The van der Waals surface area contributed by atoms with Crippen molar-refractivity contribution in [3.05, 3.63) is 83.9 Å². The molecule has 3 rings (SSSR count). The van der Waals surface area contributed by atoms with Gasteiger partial charge in [0.15, 0.2) is 12.4 Å². The molecule has 0 bridgehead atoms. The number of hydrogen-bond donors (Lipinski definition) is 1. The van der Waals surface area contributed by atoms with Crippen molar-refractivity contribution in [2.24, 2.45) is 0 Å². The zero-order chi connectivity index (χ0) is 18.4. The minimum Gasteiger partial charge on any atom is -0.483 e. The van der Waals surface area contributed by atoms with Crippen LogP contribution in [0.25, 0.3) is 0 Å². The van der Waals surface area contributed by atoms with Crippen LogP contribution in [0.5, 0.6) is 17.2 Å². The number of ether oxygens (including phenoxy) is 2. The van der Waals surface area contributed by atoms with E-state index >= 15 is 0 Å². The third-order valence-electron chi connectivity index (χ3n) is 4.05. The van der Waals surface area contributed by atoms with Crippen molar-refractivity contribution in [2.45, 2.75) is 13.8 Å². The van der Waals surface area contributed by atoms with E-state index in [9.17, 15) is 4.79 Å². The van der Waals surface area contributed by atoms with Crippen molar-refractivity contribution >= 4 is 11.6 Å². The van der Waals surface area contributed by atoms with E-state index in [0.29, 0.717) is 22.9 Å². The molecule has 3 aromatic carbocycles. The molecule has 1 amide bonds. The minimum atomic E-state index is -0.241. The zero-order valence-electron chi connectivity index (χ0n) is 14.9. The van der Waals surface area contributed by atoms with Crippen LogP contribution in [-0.2, 0) is 4.79 Å². The summed E-state index contributed by atoms with van der Waals surface area (Å²) >= 11 is 0. The molecule has 0 aliphatic rings. The standard InChI is InChI=1S/C22H21NO3/c1-16-9-8-14-20(17(16)2)25-15-22(24)23-19-12-6-7-13-21(19)26-18-10-4-3-5-11-18/h3-14H,15H2,1-2H3,(H,23,24). The number of benzene rings is 3. The molecule has 0 saturated heterocycles. The number of carbonyl (C=O) groups excluding carboxylic acids is 1. The van der Waals surface area contributed by atoms with Gasteiger partial charge in [0.1, 0.15) is 11.5 Å². The lowest BCUT2D eigenvalue weighted by molar-refractivity contribution is -0.118. The fraction of sp³-hybridized carbons (Fsp3) is 0.136. The van der Waals surface area contributed by atoms with Crippen molar-refractivity contribution in [1.29, 1.82) is 0 Å². The van der Waals surface area contributed by atoms with E-state index in [-0.39, 0.29) is 12.5 Å². The molecule has 0 spiro atoms. The third-order valence-corrected chi connectivity index (χ3v) is 4.05. The molecule has 0 aliphatic heterocycles. The number of hydrogen-bond acceptors (Lipinski definition) is 3. The average Bonchev–Trinajstić information content (AvgIpc) is 2.65. The maximum Gasteiger partial charge on any atom is 0.262 e. The summed E-state index contributed by atoms with van der Waals surface area (Å²) in [5.74, 6) is 1.77. The molecule has 0 atom stereocenters. The van der Waals surface area contributed by atoms with Crippen LogP contribution in [0.4, 0.5) is 5.69 Å². The maximum atomic E-state index is 12.3. The molecule has 132 valence electrons. The van der Waals surface area contributed by atoms with E-state index in [2.05, 4.69) is 5.32 Å². The molecule has 0 unspecified atom stereocenters. The quantitative estimate of drug-likeness (QED) is 0.674. The first-order valence-corrected chi connectivity index (χ1v) is 8.44. The van der Waals surface area contributed by atoms with Gasteiger partial charge < -0.3 is 14.8 Å². The van der Waals surface area contributed by atoms with Gasteiger partial charge in [0.25, 0.3) is 5.91 Å². The fourth-order valence-electron chi connectivity index (χ4n) is 2.48. The Bertz CT molecular complexity index is 891. The Morgan fingerprint density at radius 1 is 0.846 bits per heavy atom. The van der Waals surface area contributed by atoms with Gasteiger partial charge >= 0.3 is 0 Å². The molecule has 0 aliphatic carbocycles. The van der Waals surface area contributed by atoms with Gasteiger partial charge in [-0.1, -0.05) is 42.5 Å². The molecule has 0 fully saturated rings. The Kier molecular flexibility index (Phi) is 5.54. The van der Waals surface area contributed by atoms with Crippen molar-refractivity contribution in [2.75, 3.05) is 11.9 Å². The Balaban J connectivity index is 1.65. The summed E-state index contributed by atoms with van der Waals surface area (Å²) in [6, 6.07) is 22.6. The summed E-state index contributed by atoms with van der Waals surface area (Å²) in [6.07, 6.45) is 0. The predicted octanol–water partition coefficient (Wildman–Crippen LogP) is 5.11. The lowest BCUT2D eigenvalue weighted by Crippen LogP contribution is -2.20. The van der Waals surface area contributed by atoms with Gasteiger partial charge in [-0.2, -0.15) is 0 Å². The van der Waals surface area contributed by atoms with E-state index in [1.165, 1.54) is 0 Å². The van der Waals surface area contributed by atoms with E-state index in [1.54, 1.807) is 6.07 Å². The Labute approximate surface area is 153 Å². The molecule has 26 heavy (non-hydrogen) atoms. The average molecular weight is 347 g/mol. The molecule has 0 radical (unpaired) electrons. The minimum absolute atomic E-state index is 0.0655. The molecule has 4 heteroatoms.